The fraction of sp³-hybridized carbons (Fsp3) is 0.800. The monoisotopic (exact) mass is 407 g/mol. The molecule has 6 N–H and O–H groups in total. The smallest absolute Gasteiger partial charge is 0.243 e. The molecule has 0 aromatic heterocycles. The van der Waals surface area contributed by atoms with Gasteiger partial charge in [0, 0.05) is 18.5 Å². The lowest BCUT2D eigenvalue weighted by atomic mass is 9.85. The number of rotatable bonds is 6. The third kappa shape index (κ3) is 4.24. The molecule has 4 amide bonds. The van der Waals surface area contributed by atoms with Crippen LogP contribution in [0.3, 0.4) is 0 Å². The summed E-state index contributed by atoms with van der Waals surface area (Å²) in [6.07, 6.45) is 3.27. The molecule has 3 fully saturated rings. The molecular formula is C20H33N5O4. The topological polar surface area (TPSA) is 148 Å². The number of carbonyl (C=O) groups excluding carboxylic acids is 4. The number of primary amides is 1. The van der Waals surface area contributed by atoms with Crippen LogP contribution in [-0.4, -0.2) is 59.2 Å². The Balaban J connectivity index is 1.74. The first-order valence-electron chi connectivity index (χ1n) is 10.5. The largest absolute Gasteiger partial charge is 0.368 e. The fourth-order valence-corrected chi connectivity index (χ4v) is 4.83. The zero-order valence-electron chi connectivity index (χ0n) is 17.4. The predicted octanol–water partition coefficient (Wildman–Crippen LogP) is -0.764. The molecule has 2 aliphatic heterocycles. The van der Waals surface area contributed by atoms with Crippen molar-refractivity contribution in [3.8, 4) is 0 Å². The molecule has 0 radical (unpaired) electrons. The number of hydrogen-bond donors (Lipinski definition) is 4. The van der Waals surface area contributed by atoms with Crippen LogP contribution < -0.4 is 22.1 Å². The molecule has 3 aliphatic rings. The highest BCUT2D eigenvalue weighted by molar-refractivity contribution is 5.94. The number of nitrogens with two attached hydrogens (primary N) is 2. The van der Waals surface area contributed by atoms with Gasteiger partial charge in [0.05, 0.1) is 6.04 Å². The van der Waals surface area contributed by atoms with E-state index < -0.39 is 29.4 Å². The number of piperidine rings is 1. The van der Waals surface area contributed by atoms with E-state index in [1.54, 1.807) is 4.90 Å². The van der Waals surface area contributed by atoms with E-state index in [-0.39, 0.29) is 42.0 Å². The number of likely N-dealkylation sites (tertiary alicyclic amines) is 1. The summed E-state index contributed by atoms with van der Waals surface area (Å²) in [6.45, 7) is 6.25. The lowest BCUT2D eigenvalue weighted by Crippen LogP contribution is -2.60. The van der Waals surface area contributed by atoms with Crippen molar-refractivity contribution in [3.05, 3.63) is 0 Å². The van der Waals surface area contributed by atoms with Gasteiger partial charge in [-0.2, -0.15) is 0 Å². The van der Waals surface area contributed by atoms with Gasteiger partial charge in [-0.25, -0.2) is 0 Å². The van der Waals surface area contributed by atoms with Crippen LogP contribution in [0.5, 0.6) is 0 Å². The fourth-order valence-electron chi connectivity index (χ4n) is 4.83. The van der Waals surface area contributed by atoms with Crippen LogP contribution in [0.1, 0.15) is 52.9 Å². The predicted molar refractivity (Wildman–Crippen MR) is 106 cm³/mol. The zero-order chi connectivity index (χ0) is 21.5. The third-order valence-electron chi connectivity index (χ3n) is 6.65. The minimum atomic E-state index is -0.941. The van der Waals surface area contributed by atoms with Gasteiger partial charge in [0.25, 0.3) is 0 Å². The van der Waals surface area contributed by atoms with Gasteiger partial charge in [-0.3, -0.25) is 19.2 Å². The summed E-state index contributed by atoms with van der Waals surface area (Å²) in [5.74, 6) is -1.70. The van der Waals surface area contributed by atoms with Crippen molar-refractivity contribution in [3.63, 3.8) is 0 Å². The molecule has 0 aromatic carbocycles. The first kappa shape index (κ1) is 21.5. The maximum atomic E-state index is 13.1. The van der Waals surface area contributed by atoms with E-state index >= 15 is 0 Å². The van der Waals surface area contributed by atoms with E-state index in [1.165, 1.54) is 0 Å². The molecule has 2 heterocycles. The number of nitrogens with one attached hydrogen (secondary N) is 2. The van der Waals surface area contributed by atoms with Crippen LogP contribution in [0.15, 0.2) is 0 Å². The molecule has 0 unspecified atom stereocenters. The molecular weight excluding hydrogens is 374 g/mol. The summed E-state index contributed by atoms with van der Waals surface area (Å²) >= 11 is 0. The highest BCUT2D eigenvalue weighted by Crippen LogP contribution is 2.43. The Morgan fingerprint density at radius 1 is 1.24 bits per heavy atom. The second-order valence-electron chi connectivity index (χ2n) is 9.74. The Bertz CT molecular complexity index is 703. The second kappa shape index (κ2) is 7.93. The molecule has 0 aromatic rings. The van der Waals surface area contributed by atoms with Gasteiger partial charge in [-0.05, 0) is 43.4 Å². The van der Waals surface area contributed by atoms with E-state index in [0.717, 1.165) is 19.3 Å². The molecule has 2 bridgehead atoms. The van der Waals surface area contributed by atoms with Crippen LogP contribution in [0, 0.1) is 17.3 Å². The van der Waals surface area contributed by atoms with Crippen LogP contribution in [-0.2, 0) is 19.2 Å². The Labute approximate surface area is 171 Å². The number of amides is 4. The second-order valence-corrected chi connectivity index (χ2v) is 9.74. The summed E-state index contributed by atoms with van der Waals surface area (Å²) in [5, 5.41) is 5.45. The van der Waals surface area contributed by atoms with E-state index in [1.807, 2.05) is 20.8 Å². The number of nitrogens with zero attached hydrogens (tertiary/aromatic N) is 1. The molecule has 29 heavy (non-hydrogen) atoms. The molecule has 6 atom stereocenters. The molecule has 9 heteroatoms. The Morgan fingerprint density at radius 3 is 2.48 bits per heavy atom. The lowest BCUT2D eigenvalue weighted by molar-refractivity contribution is -0.146. The Kier molecular flexibility index (Phi) is 5.89. The van der Waals surface area contributed by atoms with Gasteiger partial charge in [-0.15, -0.1) is 0 Å². The zero-order valence-corrected chi connectivity index (χ0v) is 17.4. The molecule has 9 nitrogen and oxygen atoms in total. The summed E-state index contributed by atoms with van der Waals surface area (Å²) in [7, 11) is 0. The molecule has 162 valence electrons. The average Bonchev–Trinajstić information content (AvgIpc) is 3.35. The van der Waals surface area contributed by atoms with Crippen LogP contribution >= 0.6 is 0 Å². The van der Waals surface area contributed by atoms with Gasteiger partial charge in [0.15, 0.2) is 0 Å². The van der Waals surface area contributed by atoms with Crippen molar-refractivity contribution in [2.24, 2.45) is 28.7 Å². The molecule has 2 saturated heterocycles. The van der Waals surface area contributed by atoms with Crippen molar-refractivity contribution in [2.75, 3.05) is 6.54 Å². The van der Waals surface area contributed by atoms with Gasteiger partial charge in [0.1, 0.15) is 12.1 Å². The minimum absolute atomic E-state index is 0.00397. The minimum Gasteiger partial charge on any atom is -0.368 e. The van der Waals surface area contributed by atoms with E-state index in [4.69, 9.17) is 11.5 Å². The molecule has 3 rings (SSSR count). The molecule has 1 saturated carbocycles. The Morgan fingerprint density at radius 2 is 1.93 bits per heavy atom. The SMILES string of the molecule is CC(C)(C)[C@H](N)C(=O)N1[C@@H]2CC[C@@H](C2)[C@H]1C(=O)N[C@@H](C[C@@H]1CCNC1=O)C(N)=O. The van der Waals surface area contributed by atoms with Crippen molar-refractivity contribution in [1.82, 2.24) is 15.5 Å². The quantitative estimate of drug-likeness (QED) is 0.457. The maximum absolute atomic E-state index is 13.1. The highest BCUT2D eigenvalue weighted by atomic mass is 16.2. The van der Waals surface area contributed by atoms with Crippen LogP contribution in [0.25, 0.3) is 0 Å². The number of hydrogen-bond acceptors (Lipinski definition) is 5. The molecule has 0 spiro atoms. The van der Waals surface area contributed by atoms with Crippen LogP contribution in [0.2, 0.25) is 0 Å². The summed E-state index contributed by atoms with van der Waals surface area (Å²) < 4.78 is 0. The average molecular weight is 408 g/mol. The van der Waals surface area contributed by atoms with E-state index in [2.05, 4.69) is 10.6 Å². The van der Waals surface area contributed by atoms with Crippen molar-refractivity contribution < 1.29 is 19.2 Å². The first-order chi connectivity index (χ1) is 13.5. The maximum Gasteiger partial charge on any atom is 0.243 e. The van der Waals surface area contributed by atoms with Crippen LogP contribution in [0.4, 0.5) is 0 Å². The van der Waals surface area contributed by atoms with Gasteiger partial charge < -0.3 is 27.0 Å². The van der Waals surface area contributed by atoms with Crippen molar-refractivity contribution in [2.45, 2.75) is 77.0 Å². The standard InChI is InChI=1S/C20H33N5O4/c1-20(2,3)15(21)19(29)25-12-5-4-10(8-12)14(25)18(28)24-13(16(22)26)9-11-6-7-23-17(11)27/h10-15H,4-9,21H2,1-3H3,(H2,22,26)(H,23,27)(H,24,28)/t10-,11-,12+,13-,14-,15+/m0/s1. The summed E-state index contributed by atoms with van der Waals surface area (Å²) in [5.41, 5.74) is 11.3. The summed E-state index contributed by atoms with van der Waals surface area (Å²) in [4.78, 5) is 51.7. The Hall–Kier alpha value is -2.16. The van der Waals surface area contributed by atoms with Gasteiger partial charge in [-0.1, -0.05) is 20.8 Å². The molecule has 1 aliphatic carbocycles. The summed E-state index contributed by atoms with van der Waals surface area (Å²) in [6, 6.07) is -2.30. The van der Waals surface area contributed by atoms with Crippen molar-refractivity contribution >= 4 is 23.6 Å². The lowest BCUT2D eigenvalue weighted by Gasteiger charge is -2.39. The first-order valence-corrected chi connectivity index (χ1v) is 10.5. The van der Waals surface area contributed by atoms with E-state index in [9.17, 15) is 19.2 Å². The third-order valence-corrected chi connectivity index (χ3v) is 6.65. The van der Waals surface area contributed by atoms with Gasteiger partial charge >= 0.3 is 0 Å². The van der Waals surface area contributed by atoms with Crippen molar-refractivity contribution in [1.29, 1.82) is 0 Å². The number of carbonyl (C=O) groups is 4. The van der Waals surface area contributed by atoms with Gasteiger partial charge in [0.2, 0.25) is 23.6 Å². The normalized spacial score (nSPS) is 30.8. The number of fused-ring (bicyclic) bond motifs is 2. The highest BCUT2D eigenvalue weighted by Gasteiger charge is 2.53. The van der Waals surface area contributed by atoms with E-state index in [0.29, 0.717) is 13.0 Å².